The van der Waals surface area contributed by atoms with Crippen LogP contribution in [0.1, 0.15) is 23.2 Å². The number of anilines is 1. The van der Waals surface area contributed by atoms with Gasteiger partial charge < -0.3 is 26.0 Å². The molecule has 0 unspecified atom stereocenters. The van der Waals surface area contributed by atoms with Gasteiger partial charge >= 0.3 is 0 Å². The smallest absolute Gasteiger partial charge is 0.251 e. The van der Waals surface area contributed by atoms with E-state index >= 15 is 0 Å². The molecule has 1 saturated heterocycles. The highest BCUT2D eigenvalue weighted by Gasteiger charge is 2.30. The van der Waals surface area contributed by atoms with Crippen molar-refractivity contribution in [2.45, 2.75) is 18.4 Å². The molecule has 1 aromatic rings. The van der Waals surface area contributed by atoms with Crippen molar-refractivity contribution >= 4 is 11.6 Å². The highest BCUT2D eigenvalue weighted by atomic mass is 16.5. The molecule has 1 aromatic carbocycles. The molecule has 19 heavy (non-hydrogen) atoms. The lowest BCUT2D eigenvalue weighted by Gasteiger charge is -2.32. The second-order valence-corrected chi connectivity index (χ2v) is 4.79. The first-order chi connectivity index (χ1) is 9.00. The molecule has 1 aliphatic heterocycles. The molecule has 0 atom stereocenters. The van der Waals surface area contributed by atoms with E-state index in [0.717, 1.165) is 0 Å². The zero-order valence-corrected chi connectivity index (χ0v) is 10.6. The van der Waals surface area contributed by atoms with E-state index in [0.29, 0.717) is 31.6 Å². The van der Waals surface area contributed by atoms with Gasteiger partial charge in [-0.25, -0.2) is 0 Å². The van der Waals surface area contributed by atoms with Crippen LogP contribution in [0.2, 0.25) is 0 Å². The molecule has 0 bridgehead atoms. The summed E-state index contributed by atoms with van der Waals surface area (Å²) in [7, 11) is 0. The second kappa shape index (κ2) is 5.46. The minimum atomic E-state index is -0.913. The number of phenolic OH excluding ortho intramolecular Hbond substituents is 1. The minimum absolute atomic E-state index is 0.127. The van der Waals surface area contributed by atoms with Crippen molar-refractivity contribution in [3.05, 3.63) is 23.8 Å². The average Bonchev–Trinajstić information content (AvgIpc) is 2.40. The molecule has 1 heterocycles. The maximum Gasteiger partial charge on any atom is 0.251 e. The fourth-order valence-corrected chi connectivity index (χ4v) is 1.96. The molecule has 0 saturated carbocycles. The van der Waals surface area contributed by atoms with Crippen molar-refractivity contribution in [2.24, 2.45) is 0 Å². The Balaban J connectivity index is 1.95. The number of hydrogen-bond donors (Lipinski definition) is 4. The molecule has 104 valence electrons. The maximum atomic E-state index is 11.9. The van der Waals surface area contributed by atoms with Gasteiger partial charge in [-0.3, -0.25) is 4.79 Å². The lowest BCUT2D eigenvalue weighted by molar-refractivity contribution is -0.0605. The third kappa shape index (κ3) is 3.36. The van der Waals surface area contributed by atoms with Crippen LogP contribution < -0.4 is 11.1 Å². The van der Waals surface area contributed by atoms with Gasteiger partial charge in [0.25, 0.3) is 5.91 Å². The molecule has 1 fully saturated rings. The number of hydrogen-bond acceptors (Lipinski definition) is 5. The zero-order valence-electron chi connectivity index (χ0n) is 10.6. The summed E-state index contributed by atoms with van der Waals surface area (Å²) < 4.78 is 5.17. The van der Waals surface area contributed by atoms with Crippen LogP contribution in [-0.2, 0) is 4.74 Å². The molecule has 6 nitrogen and oxygen atoms in total. The lowest BCUT2D eigenvalue weighted by Crippen LogP contribution is -2.46. The van der Waals surface area contributed by atoms with E-state index in [1.165, 1.54) is 18.2 Å². The van der Waals surface area contributed by atoms with Crippen molar-refractivity contribution in [1.82, 2.24) is 5.32 Å². The van der Waals surface area contributed by atoms with Gasteiger partial charge in [0.15, 0.2) is 0 Å². The molecule has 1 amide bonds. The van der Waals surface area contributed by atoms with Crippen LogP contribution in [0, 0.1) is 0 Å². The Bertz CT molecular complexity index is 470. The number of aliphatic hydroxyl groups is 1. The number of amides is 1. The standard InChI is InChI=1S/C13H18N2O4/c14-10-2-1-9(7-11(10)16)12(17)15-8-13(18)3-5-19-6-4-13/h1-2,7,16,18H,3-6,8,14H2,(H,15,17). The Hall–Kier alpha value is -1.79. The van der Waals surface area contributed by atoms with Gasteiger partial charge in [0.1, 0.15) is 5.75 Å². The van der Waals surface area contributed by atoms with Crippen LogP contribution in [0.25, 0.3) is 0 Å². The van der Waals surface area contributed by atoms with E-state index in [1.54, 1.807) is 0 Å². The number of phenols is 1. The Kier molecular flexibility index (Phi) is 3.92. The summed E-state index contributed by atoms with van der Waals surface area (Å²) in [5.41, 5.74) is 5.08. The Morgan fingerprint density at radius 2 is 2.11 bits per heavy atom. The van der Waals surface area contributed by atoms with E-state index in [9.17, 15) is 15.0 Å². The van der Waals surface area contributed by atoms with Crippen molar-refractivity contribution in [3.63, 3.8) is 0 Å². The SMILES string of the molecule is Nc1ccc(C(=O)NCC2(O)CCOCC2)cc1O. The number of carbonyl (C=O) groups excluding carboxylic acids is 1. The van der Waals surface area contributed by atoms with Crippen molar-refractivity contribution < 1.29 is 19.7 Å². The van der Waals surface area contributed by atoms with Crippen molar-refractivity contribution in [2.75, 3.05) is 25.5 Å². The van der Waals surface area contributed by atoms with Crippen molar-refractivity contribution in [1.29, 1.82) is 0 Å². The van der Waals surface area contributed by atoms with Crippen LogP contribution in [0.4, 0.5) is 5.69 Å². The van der Waals surface area contributed by atoms with Gasteiger partial charge in [-0.05, 0) is 18.2 Å². The minimum Gasteiger partial charge on any atom is -0.506 e. The van der Waals surface area contributed by atoms with Crippen LogP contribution in [0.15, 0.2) is 18.2 Å². The normalized spacial score (nSPS) is 17.9. The number of ether oxygens (including phenoxy) is 1. The summed E-state index contributed by atoms with van der Waals surface area (Å²) in [6.45, 7) is 1.16. The van der Waals surface area contributed by atoms with Crippen LogP contribution >= 0.6 is 0 Å². The largest absolute Gasteiger partial charge is 0.506 e. The van der Waals surface area contributed by atoms with Crippen LogP contribution in [-0.4, -0.2) is 41.5 Å². The van der Waals surface area contributed by atoms with Gasteiger partial charge in [0, 0.05) is 38.2 Å². The predicted octanol–water partition coefficient (Wildman–Crippen LogP) is 0.246. The van der Waals surface area contributed by atoms with E-state index in [2.05, 4.69) is 5.32 Å². The van der Waals surface area contributed by atoms with Gasteiger partial charge in [-0.2, -0.15) is 0 Å². The lowest BCUT2D eigenvalue weighted by atomic mass is 9.94. The van der Waals surface area contributed by atoms with Gasteiger partial charge in [0.05, 0.1) is 11.3 Å². The maximum absolute atomic E-state index is 11.9. The molecule has 0 aliphatic carbocycles. The molecule has 5 N–H and O–H groups in total. The summed E-state index contributed by atoms with van der Waals surface area (Å²) >= 11 is 0. The number of nitrogens with one attached hydrogen (secondary N) is 1. The number of carbonyl (C=O) groups is 1. The van der Waals surface area contributed by atoms with E-state index in [1.807, 2.05) is 0 Å². The average molecular weight is 266 g/mol. The summed E-state index contributed by atoms with van der Waals surface area (Å²) in [6.07, 6.45) is 1.00. The first-order valence-electron chi connectivity index (χ1n) is 6.17. The number of nitrogen functional groups attached to an aromatic ring is 1. The summed E-state index contributed by atoms with van der Waals surface area (Å²) in [4.78, 5) is 11.9. The summed E-state index contributed by atoms with van der Waals surface area (Å²) in [5.74, 6) is -0.479. The van der Waals surface area contributed by atoms with Crippen LogP contribution in [0.3, 0.4) is 0 Å². The van der Waals surface area contributed by atoms with E-state index in [4.69, 9.17) is 10.5 Å². The molecule has 2 rings (SSSR count). The molecule has 0 radical (unpaired) electrons. The third-order valence-electron chi connectivity index (χ3n) is 3.29. The molecule has 6 heteroatoms. The van der Waals surface area contributed by atoms with E-state index < -0.39 is 5.60 Å². The highest BCUT2D eigenvalue weighted by Crippen LogP contribution is 2.22. The van der Waals surface area contributed by atoms with Crippen molar-refractivity contribution in [3.8, 4) is 5.75 Å². The number of rotatable bonds is 3. The molecule has 1 aliphatic rings. The quantitative estimate of drug-likeness (QED) is 0.463. The topological polar surface area (TPSA) is 105 Å². The molecule has 0 aromatic heterocycles. The number of nitrogens with two attached hydrogens (primary N) is 1. The first kappa shape index (κ1) is 13.6. The molecular weight excluding hydrogens is 248 g/mol. The van der Waals surface area contributed by atoms with E-state index in [-0.39, 0.29) is 23.9 Å². The summed E-state index contributed by atoms with van der Waals surface area (Å²) in [5, 5.41) is 22.3. The van der Waals surface area contributed by atoms with Crippen LogP contribution in [0.5, 0.6) is 5.75 Å². The second-order valence-electron chi connectivity index (χ2n) is 4.79. The number of benzene rings is 1. The fraction of sp³-hybridized carbons (Fsp3) is 0.462. The molecule has 0 spiro atoms. The first-order valence-corrected chi connectivity index (χ1v) is 6.17. The number of aromatic hydroxyl groups is 1. The third-order valence-corrected chi connectivity index (χ3v) is 3.29. The predicted molar refractivity (Wildman–Crippen MR) is 69.9 cm³/mol. The van der Waals surface area contributed by atoms with Gasteiger partial charge in [-0.1, -0.05) is 0 Å². The monoisotopic (exact) mass is 266 g/mol. The summed E-state index contributed by atoms with van der Waals surface area (Å²) in [6, 6.07) is 4.30. The Labute approximate surface area is 111 Å². The fourth-order valence-electron chi connectivity index (χ4n) is 1.96. The van der Waals surface area contributed by atoms with Gasteiger partial charge in [0.2, 0.25) is 0 Å². The Morgan fingerprint density at radius 3 is 2.74 bits per heavy atom. The molecular formula is C13H18N2O4. The highest BCUT2D eigenvalue weighted by molar-refractivity contribution is 5.95. The zero-order chi connectivity index (χ0) is 13.9. The van der Waals surface area contributed by atoms with Gasteiger partial charge in [-0.15, -0.1) is 0 Å². The Morgan fingerprint density at radius 1 is 1.42 bits per heavy atom.